The van der Waals surface area contributed by atoms with E-state index in [2.05, 4.69) is 10.4 Å². The van der Waals surface area contributed by atoms with Crippen molar-refractivity contribution in [1.82, 2.24) is 14.7 Å². The Morgan fingerprint density at radius 3 is 2.96 bits per heavy atom. The fourth-order valence-corrected chi connectivity index (χ4v) is 2.92. The number of aromatic nitrogens is 2. The summed E-state index contributed by atoms with van der Waals surface area (Å²) in [4.78, 5) is 13.8. The van der Waals surface area contributed by atoms with E-state index in [1.54, 1.807) is 12.1 Å². The molecular formula is C16H16F3N5O2. The first-order valence-electron chi connectivity index (χ1n) is 7.89. The third-order valence-corrected chi connectivity index (χ3v) is 4.26. The highest BCUT2D eigenvalue weighted by atomic mass is 19.4. The van der Waals surface area contributed by atoms with Crippen LogP contribution < -0.4 is 5.32 Å². The monoisotopic (exact) mass is 367 g/mol. The van der Waals surface area contributed by atoms with Gasteiger partial charge in [0, 0.05) is 20.0 Å². The molecule has 0 aliphatic carbocycles. The normalized spacial score (nSPS) is 19.3. The molecule has 2 aromatic heterocycles. The molecule has 7 nitrogen and oxygen atoms in total. The maximum Gasteiger partial charge on any atom is 0.410 e. The Hall–Kier alpha value is -2.96. The van der Waals surface area contributed by atoms with Gasteiger partial charge in [-0.1, -0.05) is 0 Å². The zero-order valence-corrected chi connectivity index (χ0v) is 13.8. The highest BCUT2D eigenvalue weighted by Gasteiger charge is 2.47. The van der Waals surface area contributed by atoms with Crippen molar-refractivity contribution in [2.75, 3.05) is 18.9 Å². The number of alkyl halides is 3. The molecule has 10 heteroatoms. The molecule has 0 fully saturated rings. The molecule has 2 unspecified atom stereocenters. The number of nitrogens with zero attached hydrogens (tertiary/aromatic N) is 4. The molecule has 0 bridgehead atoms. The highest BCUT2D eigenvalue weighted by molar-refractivity contribution is 5.98. The van der Waals surface area contributed by atoms with Crippen molar-refractivity contribution in [3.05, 3.63) is 35.9 Å². The van der Waals surface area contributed by atoms with Gasteiger partial charge in [-0.15, -0.1) is 0 Å². The van der Waals surface area contributed by atoms with E-state index in [4.69, 9.17) is 9.68 Å². The minimum absolute atomic E-state index is 0.00576. The summed E-state index contributed by atoms with van der Waals surface area (Å²) in [6.07, 6.45) is -2.20. The Kier molecular flexibility index (Phi) is 4.63. The van der Waals surface area contributed by atoms with E-state index in [-0.39, 0.29) is 30.8 Å². The number of rotatable bonds is 4. The summed E-state index contributed by atoms with van der Waals surface area (Å²) < 4.78 is 46.6. The lowest BCUT2D eigenvalue weighted by atomic mass is 10.0. The fourth-order valence-electron chi connectivity index (χ4n) is 2.92. The molecule has 0 saturated heterocycles. The summed E-state index contributed by atoms with van der Waals surface area (Å²) in [7, 11) is 1.48. The number of carbonyl (C=O) groups excluding carboxylic acids is 1. The summed E-state index contributed by atoms with van der Waals surface area (Å²) in [6, 6.07) is 2.48. The number of hydrogen-bond donors (Lipinski definition) is 1. The van der Waals surface area contributed by atoms with Crippen LogP contribution in [0.5, 0.6) is 0 Å². The number of hydrogen-bond acceptors (Lipinski definition) is 5. The van der Waals surface area contributed by atoms with E-state index >= 15 is 0 Å². The molecule has 3 rings (SSSR count). The van der Waals surface area contributed by atoms with Crippen LogP contribution in [0.25, 0.3) is 0 Å². The molecule has 138 valence electrons. The third kappa shape index (κ3) is 3.24. The van der Waals surface area contributed by atoms with Crippen LogP contribution in [-0.2, 0) is 0 Å². The number of amides is 1. The largest absolute Gasteiger partial charge is 0.467 e. The first-order chi connectivity index (χ1) is 12.3. The molecule has 3 heterocycles. The molecule has 0 radical (unpaired) electrons. The summed E-state index contributed by atoms with van der Waals surface area (Å²) in [5.74, 6) is -0.160. The average molecular weight is 367 g/mol. The lowest BCUT2D eigenvalue weighted by Crippen LogP contribution is -2.36. The number of nitrogens with one attached hydrogen (secondary N) is 1. The van der Waals surface area contributed by atoms with Gasteiger partial charge in [0.15, 0.2) is 6.04 Å². The molecular weight excluding hydrogens is 351 g/mol. The van der Waals surface area contributed by atoms with Gasteiger partial charge in [0.05, 0.1) is 31.0 Å². The van der Waals surface area contributed by atoms with Crippen LogP contribution in [0.2, 0.25) is 0 Å². The van der Waals surface area contributed by atoms with Gasteiger partial charge in [-0.05, 0) is 12.1 Å². The molecule has 0 spiro atoms. The Balaban J connectivity index is 1.97. The van der Waals surface area contributed by atoms with Crippen molar-refractivity contribution in [2.45, 2.75) is 31.1 Å². The standard InChI is InChI=1S/C16H16F3N5O2/c1-23(6-3-5-20)15(25)10-9-21-24-13(16(17,18)19)8-11(22-14(10)24)12-4-2-7-26-12/h2,4,7,9,11,13,22H,3,6,8H2,1H3. The second-order valence-corrected chi connectivity index (χ2v) is 5.99. The second-order valence-electron chi connectivity index (χ2n) is 5.99. The summed E-state index contributed by atoms with van der Waals surface area (Å²) >= 11 is 0. The summed E-state index contributed by atoms with van der Waals surface area (Å²) in [6.45, 7) is 0.171. The molecule has 1 aliphatic heterocycles. The van der Waals surface area contributed by atoms with Crippen molar-refractivity contribution in [1.29, 1.82) is 5.26 Å². The zero-order chi connectivity index (χ0) is 18.9. The number of anilines is 1. The zero-order valence-electron chi connectivity index (χ0n) is 13.8. The van der Waals surface area contributed by atoms with Crippen LogP contribution in [0.15, 0.2) is 29.0 Å². The van der Waals surface area contributed by atoms with Crippen LogP contribution in [0, 0.1) is 11.3 Å². The first kappa shape index (κ1) is 17.8. The summed E-state index contributed by atoms with van der Waals surface area (Å²) in [5, 5.41) is 15.4. The van der Waals surface area contributed by atoms with Gasteiger partial charge in [-0.2, -0.15) is 23.5 Å². The van der Waals surface area contributed by atoms with Crippen LogP contribution in [0.4, 0.5) is 19.0 Å². The smallest absolute Gasteiger partial charge is 0.410 e. The SMILES string of the molecule is CN(CCC#N)C(=O)c1cnn2c1NC(c1ccco1)CC2C(F)(F)F. The quantitative estimate of drug-likeness (QED) is 0.897. The predicted octanol–water partition coefficient (Wildman–Crippen LogP) is 3.12. The average Bonchev–Trinajstić information content (AvgIpc) is 3.26. The Bertz CT molecular complexity index is 822. The van der Waals surface area contributed by atoms with Gasteiger partial charge in [-0.3, -0.25) is 4.79 Å². The maximum absolute atomic E-state index is 13.5. The fraction of sp³-hybridized carbons (Fsp3) is 0.438. The van der Waals surface area contributed by atoms with Crippen molar-refractivity contribution in [3.63, 3.8) is 0 Å². The van der Waals surface area contributed by atoms with E-state index in [1.807, 2.05) is 6.07 Å². The molecule has 1 amide bonds. The van der Waals surface area contributed by atoms with E-state index in [0.29, 0.717) is 5.76 Å². The Labute approximate surface area is 147 Å². The van der Waals surface area contributed by atoms with Gasteiger partial charge in [0.25, 0.3) is 5.91 Å². The van der Waals surface area contributed by atoms with Crippen LogP contribution >= 0.6 is 0 Å². The second kappa shape index (κ2) is 6.74. The molecule has 1 N–H and O–H groups in total. The van der Waals surface area contributed by atoms with E-state index in [1.165, 1.54) is 18.2 Å². The Morgan fingerprint density at radius 2 is 2.35 bits per heavy atom. The van der Waals surface area contributed by atoms with Gasteiger partial charge in [0.1, 0.15) is 17.1 Å². The highest BCUT2D eigenvalue weighted by Crippen LogP contribution is 2.44. The van der Waals surface area contributed by atoms with Crippen molar-refractivity contribution in [2.24, 2.45) is 0 Å². The van der Waals surface area contributed by atoms with Crippen molar-refractivity contribution in [3.8, 4) is 6.07 Å². The lowest BCUT2D eigenvalue weighted by molar-refractivity contribution is -0.174. The Morgan fingerprint density at radius 1 is 1.58 bits per heavy atom. The lowest BCUT2D eigenvalue weighted by Gasteiger charge is -2.33. The van der Waals surface area contributed by atoms with Crippen LogP contribution in [-0.4, -0.2) is 40.4 Å². The molecule has 26 heavy (non-hydrogen) atoms. The minimum Gasteiger partial charge on any atom is -0.467 e. The minimum atomic E-state index is -4.53. The van der Waals surface area contributed by atoms with E-state index in [9.17, 15) is 18.0 Å². The van der Waals surface area contributed by atoms with Crippen molar-refractivity contribution >= 4 is 11.7 Å². The van der Waals surface area contributed by atoms with Gasteiger partial charge in [-0.25, -0.2) is 4.68 Å². The molecule has 2 atom stereocenters. The van der Waals surface area contributed by atoms with Crippen LogP contribution in [0.1, 0.15) is 41.0 Å². The number of furan rings is 1. The third-order valence-electron chi connectivity index (χ3n) is 4.26. The van der Waals surface area contributed by atoms with Gasteiger partial charge in [0.2, 0.25) is 0 Å². The van der Waals surface area contributed by atoms with E-state index in [0.717, 1.165) is 10.9 Å². The van der Waals surface area contributed by atoms with Gasteiger partial charge >= 0.3 is 6.18 Å². The molecule has 1 aliphatic rings. The number of halogens is 3. The number of carbonyl (C=O) groups is 1. The topological polar surface area (TPSA) is 87.1 Å². The molecule has 0 aromatic carbocycles. The molecule has 2 aromatic rings. The number of nitriles is 1. The summed E-state index contributed by atoms with van der Waals surface area (Å²) in [5.41, 5.74) is 0.0240. The first-order valence-corrected chi connectivity index (χ1v) is 7.89. The maximum atomic E-state index is 13.5. The van der Waals surface area contributed by atoms with Crippen molar-refractivity contribution < 1.29 is 22.4 Å². The van der Waals surface area contributed by atoms with Crippen LogP contribution in [0.3, 0.4) is 0 Å². The molecule has 0 saturated carbocycles. The van der Waals surface area contributed by atoms with E-state index < -0.39 is 24.2 Å². The number of fused-ring (bicyclic) bond motifs is 1. The van der Waals surface area contributed by atoms with Gasteiger partial charge < -0.3 is 14.6 Å². The predicted molar refractivity (Wildman–Crippen MR) is 84.2 cm³/mol.